The Bertz CT molecular complexity index is 2760. The predicted molar refractivity (Wildman–Crippen MR) is 222 cm³/mol. The number of benzene rings is 2. The average Bonchev–Trinajstić information content (AvgIpc) is 4.05. The summed E-state index contributed by atoms with van der Waals surface area (Å²) in [6.45, 7) is 1.97. The van der Waals surface area contributed by atoms with E-state index in [1.807, 2.05) is 28.8 Å². The molecule has 0 spiro atoms. The van der Waals surface area contributed by atoms with Crippen LogP contribution in [0.5, 0.6) is 23.0 Å². The molecule has 2 aliphatic rings. The zero-order valence-corrected chi connectivity index (χ0v) is 35.3. The van der Waals surface area contributed by atoms with Gasteiger partial charge >= 0.3 is 0 Å². The summed E-state index contributed by atoms with van der Waals surface area (Å²) in [5, 5.41) is 18.1. The second-order valence-corrected chi connectivity index (χ2v) is 17.6. The lowest BCUT2D eigenvalue weighted by Gasteiger charge is -2.09. The number of hydrogen-bond donors (Lipinski definition) is 3. The monoisotopic (exact) mass is 950 g/mol. The van der Waals surface area contributed by atoms with Crippen molar-refractivity contribution in [1.82, 2.24) is 39.0 Å². The predicted octanol–water partition coefficient (Wildman–Crippen LogP) is 8.54. The number of rotatable bonds is 10. The van der Waals surface area contributed by atoms with E-state index in [-0.39, 0.29) is 19.1 Å². The molecule has 10 rings (SSSR count). The minimum Gasteiger partial charge on any atom is -0.454 e. The molecule has 0 saturated carbocycles. The number of nitrogens with zero attached hydrogens (tertiary/aromatic N) is 7. The third kappa shape index (κ3) is 7.72. The topological polar surface area (TPSA) is 177 Å². The molecular weight excluding hydrogens is 925 g/mol. The highest BCUT2D eigenvalue weighted by Gasteiger charge is 2.22. The number of aromatic nitrogens is 8. The number of nitrogens with two attached hydrogens (primary N) is 1. The summed E-state index contributed by atoms with van der Waals surface area (Å²) in [6, 6.07) is 11.9. The summed E-state index contributed by atoms with van der Waals surface area (Å²) >= 11 is 13.6. The molecular formula is C36H28Br2N10O4S4. The average molecular weight is 953 g/mol. The third-order valence-electron chi connectivity index (χ3n) is 8.71. The highest BCUT2D eigenvalue weighted by molar-refractivity contribution is 9.10. The number of nitrogen functional groups attached to an aromatic ring is 1. The van der Waals surface area contributed by atoms with E-state index in [1.165, 1.54) is 41.0 Å². The van der Waals surface area contributed by atoms with Crippen LogP contribution in [0.2, 0.25) is 0 Å². The summed E-state index contributed by atoms with van der Waals surface area (Å²) in [5.74, 6) is 3.29. The first-order chi connectivity index (χ1) is 27.4. The molecule has 4 N–H and O–H groups in total. The zero-order valence-electron chi connectivity index (χ0n) is 28.9. The Morgan fingerprint density at radius 1 is 0.786 bits per heavy atom. The van der Waals surface area contributed by atoms with Gasteiger partial charge in [0.25, 0.3) is 0 Å². The molecule has 0 saturated heterocycles. The summed E-state index contributed by atoms with van der Waals surface area (Å²) in [6.07, 6.45) is 4.94. The van der Waals surface area contributed by atoms with Crippen LogP contribution in [0.1, 0.15) is 11.1 Å². The van der Waals surface area contributed by atoms with Crippen LogP contribution in [-0.2, 0) is 25.9 Å². The van der Waals surface area contributed by atoms with Crippen molar-refractivity contribution in [2.24, 2.45) is 0 Å². The molecule has 14 nitrogen and oxygen atoms in total. The van der Waals surface area contributed by atoms with Crippen molar-refractivity contribution in [2.75, 3.05) is 19.3 Å². The van der Waals surface area contributed by atoms with Crippen LogP contribution in [0.4, 0.5) is 5.82 Å². The Kier molecular flexibility index (Phi) is 10.6. The fraction of sp³-hybridized carbons (Fsp3) is 0.167. The summed E-state index contributed by atoms with van der Waals surface area (Å²) < 4.78 is 27.7. The number of halogens is 2. The third-order valence-corrected chi connectivity index (χ3v) is 14.0. The van der Waals surface area contributed by atoms with Crippen molar-refractivity contribution in [3.63, 3.8) is 0 Å². The van der Waals surface area contributed by atoms with Gasteiger partial charge in [-0.1, -0.05) is 23.5 Å². The molecule has 2 aliphatic heterocycles. The fourth-order valence-corrected chi connectivity index (χ4v) is 10.2. The maximum Gasteiger partial charge on any atom is 0.231 e. The van der Waals surface area contributed by atoms with E-state index in [0.29, 0.717) is 22.0 Å². The van der Waals surface area contributed by atoms with Crippen molar-refractivity contribution in [2.45, 2.75) is 46.0 Å². The van der Waals surface area contributed by atoms with Gasteiger partial charge in [-0.3, -0.25) is 5.41 Å². The molecule has 0 bridgehead atoms. The smallest absolute Gasteiger partial charge is 0.231 e. The zero-order chi connectivity index (χ0) is 38.2. The van der Waals surface area contributed by atoms with Gasteiger partial charge in [-0.25, -0.2) is 24.9 Å². The number of imidazole rings is 2. The van der Waals surface area contributed by atoms with Crippen LogP contribution >= 0.6 is 78.1 Å². The highest BCUT2D eigenvalue weighted by atomic mass is 79.9. The number of H-pyrrole nitrogens is 1. The quantitative estimate of drug-likeness (QED) is 0.119. The Balaban J connectivity index is 0.000000146. The van der Waals surface area contributed by atoms with E-state index < -0.39 is 0 Å². The SMILES string of the molecule is N=c1ncn(CCc2ccsc2)c2nc(Sc3cc4c(cc3Br)OCO4)[nH]c12.Nc1ncnc2c1nc(Sc1cc3c(cc1Br)OCO3)n2CCc1ccsc1. The van der Waals surface area contributed by atoms with Crippen LogP contribution in [0, 0.1) is 5.41 Å². The van der Waals surface area contributed by atoms with Gasteiger partial charge in [0.2, 0.25) is 13.6 Å². The lowest BCUT2D eigenvalue weighted by molar-refractivity contribution is 0.173. The van der Waals surface area contributed by atoms with Gasteiger partial charge in [0.15, 0.2) is 61.4 Å². The summed E-state index contributed by atoms with van der Waals surface area (Å²) in [5.41, 5.74) is 11.5. The summed E-state index contributed by atoms with van der Waals surface area (Å²) in [7, 11) is 0. The van der Waals surface area contributed by atoms with Gasteiger partial charge < -0.3 is 38.8 Å². The molecule has 0 radical (unpaired) electrons. The number of ether oxygens (including phenoxy) is 4. The normalized spacial score (nSPS) is 12.8. The highest BCUT2D eigenvalue weighted by Crippen LogP contribution is 2.44. The van der Waals surface area contributed by atoms with Crippen molar-refractivity contribution >= 4 is 106 Å². The molecule has 0 aliphatic carbocycles. The molecule has 2 aromatic carbocycles. The molecule has 0 amide bonds. The van der Waals surface area contributed by atoms with Crippen LogP contribution in [0.25, 0.3) is 22.3 Å². The van der Waals surface area contributed by atoms with Gasteiger partial charge in [0.05, 0.1) is 6.33 Å². The maximum absolute atomic E-state index is 8.12. The van der Waals surface area contributed by atoms with Crippen molar-refractivity contribution in [3.8, 4) is 23.0 Å². The minimum atomic E-state index is 0.186. The molecule has 8 heterocycles. The Morgan fingerprint density at radius 2 is 1.41 bits per heavy atom. The molecule has 8 aromatic rings. The second-order valence-electron chi connectivity index (χ2n) is 12.2. The number of fused-ring (bicyclic) bond motifs is 4. The molecule has 56 heavy (non-hydrogen) atoms. The van der Waals surface area contributed by atoms with Gasteiger partial charge in [-0.05, 0) is 114 Å². The molecule has 0 fully saturated rings. The van der Waals surface area contributed by atoms with Gasteiger partial charge in [0.1, 0.15) is 11.8 Å². The van der Waals surface area contributed by atoms with Crippen molar-refractivity contribution < 1.29 is 18.9 Å². The van der Waals surface area contributed by atoms with Gasteiger partial charge in [-0.15, -0.1) is 0 Å². The number of hydrogen-bond acceptors (Lipinski definition) is 15. The standard InChI is InChI=1S/2C18H14BrN5O2S2/c19-11-5-12-13(26-9-25-12)6-14(11)28-18-22-15-16(20)21-8-24(17(15)23-18)3-1-10-2-4-27-7-10;19-11-5-12-13(26-9-25-12)6-14(11)28-18-23-15-16(20)21-8-22-17(15)24(18)3-1-10-2-4-27-7-10/h2,4-8,20H,1,3,9H2,(H,22,23);2,4-8H,1,3,9H2,(H2,20,21,22). The van der Waals surface area contributed by atoms with E-state index in [1.54, 1.807) is 29.0 Å². The number of aryl methyl sites for hydroxylation is 4. The largest absolute Gasteiger partial charge is 0.454 e. The van der Waals surface area contributed by atoms with Crippen LogP contribution in [0.15, 0.2) is 99.6 Å². The van der Waals surface area contributed by atoms with Crippen LogP contribution in [-0.4, -0.2) is 52.6 Å². The molecule has 0 atom stereocenters. The minimum absolute atomic E-state index is 0.186. The fourth-order valence-electron chi connectivity index (χ4n) is 5.90. The Hall–Kier alpha value is -4.60. The number of nitrogens with one attached hydrogen (secondary N) is 2. The van der Waals surface area contributed by atoms with Crippen molar-refractivity contribution in [3.05, 3.63) is 96.1 Å². The van der Waals surface area contributed by atoms with E-state index >= 15 is 0 Å². The number of thiophene rings is 2. The van der Waals surface area contributed by atoms with E-state index in [4.69, 9.17) is 40.1 Å². The second kappa shape index (κ2) is 16.1. The van der Waals surface area contributed by atoms with Gasteiger partial charge in [0, 0.05) is 31.8 Å². The molecule has 284 valence electrons. The van der Waals surface area contributed by atoms with Crippen LogP contribution < -0.4 is 30.2 Å². The summed E-state index contributed by atoms with van der Waals surface area (Å²) in [4.78, 5) is 27.3. The first-order valence-corrected chi connectivity index (χ1v) is 22.0. The first kappa shape index (κ1) is 37.0. The maximum atomic E-state index is 8.12. The Labute approximate surface area is 351 Å². The van der Waals surface area contributed by atoms with E-state index in [2.05, 4.69) is 90.0 Å². The van der Waals surface area contributed by atoms with Gasteiger partial charge in [-0.2, -0.15) is 22.7 Å². The molecule has 6 aromatic heterocycles. The lowest BCUT2D eigenvalue weighted by Crippen LogP contribution is -2.13. The molecule has 0 unspecified atom stereocenters. The van der Waals surface area contributed by atoms with E-state index in [9.17, 15) is 0 Å². The van der Waals surface area contributed by atoms with Crippen LogP contribution in [0.3, 0.4) is 0 Å². The molecule has 20 heteroatoms. The van der Waals surface area contributed by atoms with Crippen molar-refractivity contribution in [1.29, 1.82) is 5.41 Å². The first-order valence-electron chi connectivity index (χ1n) is 16.9. The number of anilines is 1. The van der Waals surface area contributed by atoms with E-state index in [0.717, 1.165) is 84.1 Å². The lowest BCUT2D eigenvalue weighted by atomic mass is 10.2. The Morgan fingerprint density at radius 3 is 2.05 bits per heavy atom. The number of aromatic amines is 1.